The zero-order chi connectivity index (χ0) is 11.1. The lowest BCUT2D eigenvalue weighted by atomic mass is 9.92. The van der Waals surface area contributed by atoms with E-state index in [9.17, 15) is 9.59 Å². The first-order valence-electron chi connectivity index (χ1n) is 4.62. The van der Waals surface area contributed by atoms with E-state index in [0.717, 1.165) is 0 Å². The number of esters is 1. The second kappa shape index (κ2) is 6.14. The zero-order valence-corrected chi connectivity index (χ0v) is 8.74. The molecule has 78 valence electrons. The van der Waals surface area contributed by atoms with Gasteiger partial charge in [-0.2, -0.15) is 5.26 Å². The number of carbonyl (C=O) groups excluding carboxylic acids is 2. The van der Waals surface area contributed by atoms with Gasteiger partial charge in [0, 0.05) is 6.42 Å². The lowest BCUT2D eigenvalue weighted by Crippen LogP contribution is -2.22. The van der Waals surface area contributed by atoms with Crippen molar-refractivity contribution in [1.29, 1.82) is 5.26 Å². The number of nitrogens with zero attached hydrogens (tertiary/aromatic N) is 1. The minimum Gasteiger partial charge on any atom is -0.460 e. The van der Waals surface area contributed by atoms with Crippen LogP contribution in [-0.4, -0.2) is 18.4 Å². The van der Waals surface area contributed by atoms with E-state index in [-0.39, 0.29) is 18.9 Å². The van der Waals surface area contributed by atoms with Crippen molar-refractivity contribution < 1.29 is 14.3 Å². The summed E-state index contributed by atoms with van der Waals surface area (Å²) in [5, 5.41) is 8.70. The Morgan fingerprint density at radius 2 is 2.00 bits per heavy atom. The van der Waals surface area contributed by atoms with Crippen molar-refractivity contribution in [3.8, 4) is 6.07 Å². The quantitative estimate of drug-likeness (QED) is 0.492. The van der Waals surface area contributed by atoms with Crippen LogP contribution >= 0.6 is 0 Å². The molecule has 14 heavy (non-hydrogen) atoms. The van der Waals surface area contributed by atoms with E-state index < -0.39 is 17.7 Å². The van der Waals surface area contributed by atoms with Crippen molar-refractivity contribution in [2.75, 3.05) is 6.61 Å². The summed E-state index contributed by atoms with van der Waals surface area (Å²) in [5.41, 5.74) is 0. The predicted molar refractivity (Wildman–Crippen MR) is 50.2 cm³/mol. The van der Waals surface area contributed by atoms with Gasteiger partial charge in [0.2, 0.25) is 5.78 Å². The fourth-order valence-electron chi connectivity index (χ4n) is 0.925. The molecule has 1 atom stereocenters. The molecule has 0 saturated carbocycles. The standard InChI is InChI=1S/C10H15NO3/c1-4-14-10(13)9(12)5-8(6-11)7(2)3/h7-8H,4-5H2,1-3H3/t8-/m1/s1. The van der Waals surface area contributed by atoms with E-state index >= 15 is 0 Å². The van der Waals surface area contributed by atoms with Crippen molar-refractivity contribution in [3.05, 3.63) is 0 Å². The van der Waals surface area contributed by atoms with Crippen LogP contribution in [0.15, 0.2) is 0 Å². The number of hydrogen-bond acceptors (Lipinski definition) is 4. The monoisotopic (exact) mass is 197 g/mol. The van der Waals surface area contributed by atoms with Crippen LogP contribution in [0.4, 0.5) is 0 Å². The van der Waals surface area contributed by atoms with Crippen LogP contribution in [0.25, 0.3) is 0 Å². The maximum atomic E-state index is 11.2. The van der Waals surface area contributed by atoms with Crippen LogP contribution in [0, 0.1) is 23.2 Å². The first-order valence-corrected chi connectivity index (χ1v) is 4.62. The van der Waals surface area contributed by atoms with Crippen molar-refractivity contribution in [2.45, 2.75) is 27.2 Å². The number of ketones is 1. The van der Waals surface area contributed by atoms with Gasteiger partial charge in [-0.15, -0.1) is 0 Å². The minimum absolute atomic E-state index is 0.0486. The number of rotatable bonds is 5. The maximum Gasteiger partial charge on any atom is 0.374 e. The first kappa shape index (κ1) is 12.6. The van der Waals surface area contributed by atoms with Gasteiger partial charge >= 0.3 is 5.97 Å². The Balaban J connectivity index is 4.17. The smallest absolute Gasteiger partial charge is 0.374 e. The summed E-state index contributed by atoms with van der Waals surface area (Å²) in [4.78, 5) is 22.1. The van der Waals surface area contributed by atoms with Crippen LogP contribution in [0.5, 0.6) is 0 Å². The van der Waals surface area contributed by atoms with Crippen LogP contribution in [0.2, 0.25) is 0 Å². The molecular formula is C10H15NO3. The van der Waals surface area contributed by atoms with E-state index in [4.69, 9.17) is 5.26 Å². The number of nitriles is 1. The van der Waals surface area contributed by atoms with E-state index in [2.05, 4.69) is 4.74 Å². The lowest BCUT2D eigenvalue weighted by molar-refractivity contribution is -0.153. The molecule has 0 aliphatic heterocycles. The highest BCUT2D eigenvalue weighted by molar-refractivity contribution is 6.33. The van der Waals surface area contributed by atoms with E-state index in [0.29, 0.717) is 0 Å². The summed E-state index contributed by atoms with van der Waals surface area (Å²) in [6, 6.07) is 2.00. The third kappa shape index (κ3) is 4.04. The molecule has 4 nitrogen and oxygen atoms in total. The molecule has 0 rings (SSSR count). The Bertz CT molecular complexity index is 253. The molecule has 0 aliphatic carbocycles. The highest BCUT2D eigenvalue weighted by atomic mass is 16.5. The second-order valence-corrected chi connectivity index (χ2v) is 3.33. The van der Waals surface area contributed by atoms with Gasteiger partial charge in [-0.1, -0.05) is 13.8 Å². The van der Waals surface area contributed by atoms with Gasteiger partial charge in [0.15, 0.2) is 0 Å². The predicted octanol–water partition coefficient (Wildman–Crippen LogP) is 1.30. The number of carbonyl (C=O) groups is 2. The molecule has 0 spiro atoms. The SMILES string of the molecule is CCOC(=O)C(=O)C[C@H](C#N)C(C)C. The topological polar surface area (TPSA) is 67.2 Å². The molecule has 0 fully saturated rings. The molecule has 0 radical (unpaired) electrons. The van der Waals surface area contributed by atoms with Crippen molar-refractivity contribution in [3.63, 3.8) is 0 Å². The van der Waals surface area contributed by atoms with Crippen LogP contribution < -0.4 is 0 Å². The largest absolute Gasteiger partial charge is 0.460 e. The number of hydrogen-bond donors (Lipinski definition) is 0. The van der Waals surface area contributed by atoms with Crippen LogP contribution in [0.1, 0.15) is 27.2 Å². The minimum atomic E-state index is -0.839. The molecule has 0 N–H and O–H groups in total. The van der Waals surface area contributed by atoms with Crippen molar-refractivity contribution in [1.82, 2.24) is 0 Å². The Morgan fingerprint density at radius 1 is 1.43 bits per heavy atom. The molecule has 0 aromatic carbocycles. The molecule has 0 aromatic heterocycles. The Labute approximate surface area is 83.9 Å². The highest BCUT2D eigenvalue weighted by Gasteiger charge is 2.22. The summed E-state index contributed by atoms with van der Waals surface area (Å²) in [5.74, 6) is -1.80. The summed E-state index contributed by atoms with van der Waals surface area (Å²) in [6.07, 6.45) is -0.0486. The molecule has 0 unspecified atom stereocenters. The Morgan fingerprint density at radius 3 is 2.36 bits per heavy atom. The van der Waals surface area contributed by atoms with Gasteiger partial charge < -0.3 is 4.74 Å². The average Bonchev–Trinajstić information content (AvgIpc) is 2.13. The van der Waals surface area contributed by atoms with Gasteiger partial charge in [-0.3, -0.25) is 4.79 Å². The third-order valence-corrected chi connectivity index (χ3v) is 1.88. The van der Waals surface area contributed by atoms with Crippen molar-refractivity contribution in [2.24, 2.45) is 11.8 Å². The molecule has 0 heterocycles. The van der Waals surface area contributed by atoms with Gasteiger partial charge in [-0.25, -0.2) is 4.79 Å². The first-order chi connectivity index (χ1) is 6.52. The summed E-state index contributed by atoms with van der Waals surface area (Å²) < 4.78 is 4.53. The van der Waals surface area contributed by atoms with E-state index in [1.807, 2.05) is 19.9 Å². The molecule has 0 amide bonds. The normalized spacial score (nSPS) is 11.9. The molecular weight excluding hydrogens is 182 g/mol. The summed E-state index contributed by atoms with van der Waals surface area (Å²) in [6.45, 7) is 5.50. The second-order valence-electron chi connectivity index (χ2n) is 3.33. The van der Waals surface area contributed by atoms with Gasteiger partial charge in [0.25, 0.3) is 0 Å². The fourth-order valence-corrected chi connectivity index (χ4v) is 0.925. The van der Waals surface area contributed by atoms with Crippen LogP contribution in [0.3, 0.4) is 0 Å². The summed E-state index contributed by atoms with van der Waals surface area (Å²) >= 11 is 0. The van der Waals surface area contributed by atoms with Gasteiger partial charge in [0.05, 0.1) is 18.6 Å². The van der Waals surface area contributed by atoms with E-state index in [1.54, 1.807) is 6.92 Å². The van der Waals surface area contributed by atoms with Gasteiger partial charge in [-0.05, 0) is 12.8 Å². The molecule has 0 aliphatic rings. The molecule has 0 saturated heterocycles. The highest BCUT2D eigenvalue weighted by Crippen LogP contribution is 2.14. The van der Waals surface area contributed by atoms with Crippen LogP contribution in [-0.2, 0) is 14.3 Å². The third-order valence-electron chi connectivity index (χ3n) is 1.88. The zero-order valence-electron chi connectivity index (χ0n) is 8.74. The Hall–Kier alpha value is -1.37. The lowest BCUT2D eigenvalue weighted by Gasteiger charge is -2.10. The molecule has 0 bridgehead atoms. The average molecular weight is 197 g/mol. The number of Topliss-reactive ketones (excluding diaryl/α,β-unsaturated/α-hetero) is 1. The fraction of sp³-hybridized carbons (Fsp3) is 0.700. The van der Waals surface area contributed by atoms with Gasteiger partial charge in [0.1, 0.15) is 0 Å². The molecule has 4 heteroatoms. The maximum absolute atomic E-state index is 11.2. The van der Waals surface area contributed by atoms with Crippen molar-refractivity contribution >= 4 is 11.8 Å². The number of ether oxygens (including phenoxy) is 1. The van der Waals surface area contributed by atoms with E-state index in [1.165, 1.54) is 0 Å². The molecule has 0 aromatic rings. The summed E-state index contributed by atoms with van der Waals surface area (Å²) in [7, 11) is 0. The Kier molecular flexibility index (Phi) is 5.54.